The van der Waals surface area contributed by atoms with E-state index in [0.717, 1.165) is 29.1 Å². The minimum absolute atomic E-state index is 0.0616. The van der Waals surface area contributed by atoms with Crippen LogP contribution in [0.1, 0.15) is 19.4 Å². The summed E-state index contributed by atoms with van der Waals surface area (Å²) in [6.07, 6.45) is 0. The molecule has 5 heteroatoms. The summed E-state index contributed by atoms with van der Waals surface area (Å²) < 4.78 is 6.56. The average molecular weight is 301 g/mol. The maximum atomic E-state index is 12.2. The number of rotatable bonds is 6. The summed E-state index contributed by atoms with van der Waals surface area (Å²) in [5.41, 5.74) is 2.41. The highest BCUT2D eigenvalue weighted by atomic mass is 16.5. The standard InChI is InChI=1S/C17H23N3O2/c1-12(2)10-18-11-14-9-16(19-20(3)17(14)21)13-5-7-15(22-4)8-6-13/h5-9,12,18H,10-11H2,1-4H3. The van der Waals surface area contributed by atoms with Gasteiger partial charge in [0.05, 0.1) is 12.8 Å². The van der Waals surface area contributed by atoms with Crippen LogP contribution in [0.15, 0.2) is 35.1 Å². The maximum Gasteiger partial charge on any atom is 0.271 e. The molecule has 0 fully saturated rings. The summed E-state index contributed by atoms with van der Waals surface area (Å²) in [5, 5.41) is 7.64. The number of ether oxygens (including phenoxy) is 1. The van der Waals surface area contributed by atoms with Crippen LogP contribution in [0.4, 0.5) is 0 Å². The summed E-state index contributed by atoms with van der Waals surface area (Å²) in [6, 6.07) is 9.52. The van der Waals surface area contributed by atoms with Crippen LogP contribution >= 0.6 is 0 Å². The minimum Gasteiger partial charge on any atom is -0.497 e. The number of aromatic nitrogens is 2. The Morgan fingerprint density at radius 3 is 2.55 bits per heavy atom. The summed E-state index contributed by atoms with van der Waals surface area (Å²) in [7, 11) is 3.32. The zero-order chi connectivity index (χ0) is 16.1. The molecule has 0 amide bonds. The Morgan fingerprint density at radius 1 is 1.27 bits per heavy atom. The van der Waals surface area contributed by atoms with Gasteiger partial charge >= 0.3 is 0 Å². The lowest BCUT2D eigenvalue weighted by atomic mass is 10.1. The molecule has 0 spiro atoms. The fourth-order valence-corrected chi connectivity index (χ4v) is 2.20. The van der Waals surface area contributed by atoms with Crippen molar-refractivity contribution in [3.05, 3.63) is 46.2 Å². The van der Waals surface area contributed by atoms with Crippen molar-refractivity contribution in [1.82, 2.24) is 15.1 Å². The van der Waals surface area contributed by atoms with Crippen molar-refractivity contribution in [2.45, 2.75) is 20.4 Å². The van der Waals surface area contributed by atoms with Gasteiger partial charge in [0.25, 0.3) is 5.56 Å². The molecule has 1 N–H and O–H groups in total. The quantitative estimate of drug-likeness (QED) is 0.888. The molecule has 0 saturated carbocycles. The van der Waals surface area contributed by atoms with Crippen LogP contribution in [0.5, 0.6) is 5.75 Å². The number of benzene rings is 1. The van der Waals surface area contributed by atoms with Gasteiger partial charge in [-0.2, -0.15) is 5.10 Å². The Hall–Kier alpha value is -2.14. The van der Waals surface area contributed by atoms with Gasteiger partial charge in [0, 0.05) is 24.7 Å². The summed E-state index contributed by atoms with van der Waals surface area (Å²) in [6.45, 7) is 5.71. The van der Waals surface area contributed by atoms with Gasteiger partial charge in [-0.25, -0.2) is 4.68 Å². The van der Waals surface area contributed by atoms with E-state index in [1.807, 2.05) is 30.3 Å². The minimum atomic E-state index is -0.0616. The molecule has 1 aromatic heterocycles. The number of hydrogen-bond donors (Lipinski definition) is 1. The molecule has 0 bridgehead atoms. The number of aryl methyl sites for hydroxylation is 1. The van der Waals surface area contributed by atoms with E-state index in [1.165, 1.54) is 4.68 Å². The highest BCUT2D eigenvalue weighted by Crippen LogP contribution is 2.20. The number of methoxy groups -OCH3 is 1. The second-order valence-electron chi connectivity index (χ2n) is 5.74. The smallest absolute Gasteiger partial charge is 0.271 e. The van der Waals surface area contributed by atoms with Gasteiger partial charge < -0.3 is 10.1 Å². The first kappa shape index (κ1) is 16.2. The monoisotopic (exact) mass is 301 g/mol. The van der Waals surface area contributed by atoms with Crippen molar-refractivity contribution in [2.24, 2.45) is 13.0 Å². The van der Waals surface area contributed by atoms with Gasteiger partial charge in [0.1, 0.15) is 5.75 Å². The van der Waals surface area contributed by atoms with Gasteiger partial charge in [0.2, 0.25) is 0 Å². The normalized spacial score (nSPS) is 11.0. The zero-order valence-electron chi connectivity index (χ0n) is 13.6. The molecular weight excluding hydrogens is 278 g/mol. The fourth-order valence-electron chi connectivity index (χ4n) is 2.20. The van der Waals surface area contributed by atoms with Gasteiger partial charge in [-0.15, -0.1) is 0 Å². The van der Waals surface area contributed by atoms with Crippen LogP contribution < -0.4 is 15.6 Å². The molecular formula is C17H23N3O2. The van der Waals surface area contributed by atoms with E-state index >= 15 is 0 Å². The molecule has 2 aromatic rings. The second-order valence-corrected chi connectivity index (χ2v) is 5.74. The van der Waals surface area contributed by atoms with E-state index in [0.29, 0.717) is 12.5 Å². The van der Waals surface area contributed by atoms with Crippen molar-refractivity contribution in [2.75, 3.05) is 13.7 Å². The van der Waals surface area contributed by atoms with Crippen LogP contribution in [0.2, 0.25) is 0 Å². The largest absolute Gasteiger partial charge is 0.497 e. The predicted molar refractivity (Wildman–Crippen MR) is 88.0 cm³/mol. The lowest BCUT2D eigenvalue weighted by Crippen LogP contribution is -2.29. The molecule has 5 nitrogen and oxygen atoms in total. The molecule has 0 aliphatic heterocycles. The van der Waals surface area contributed by atoms with Crippen molar-refractivity contribution >= 4 is 0 Å². The average Bonchev–Trinajstić information content (AvgIpc) is 2.51. The van der Waals surface area contributed by atoms with Crippen LogP contribution in [0.3, 0.4) is 0 Å². The SMILES string of the molecule is COc1ccc(-c2cc(CNCC(C)C)c(=O)n(C)n2)cc1. The van der Waals surface area contributed by atoms with Crippen molar-refractivity contribution in [1.29, 1.82) is 0 Å². The van der Waals surface area contributed by atoms with E-state index in [-0.39, 0.29) is 5.56 Å². The van der Waals surface area contributed by atoms with Gasteiger partial charge in [-0.1, -0.05) is 13.8 Å². The van der Waals surface area contributed by atoms with E-state index in [9.17, 15) is 4.79 Å². The van der Waals surface area contributed by atoms with Crippen LogP contribution in [0, 0.1) is 5.92 Å². The third kappa shape index (κ3) is 3.95. The molecule has 0 radical (unpaired) electrons. The second kappa shape index (κ2) is 7.22. The van der Waals surface area contributed by atoms with Crippen molar-refractivity contribution < 1.29 is 4.74 Å². The molecule has 118 valence electrons. The Bertz CT molecular complexity index is 675. The molecule has 0 aliphatic rings. The Labute approximate surface area is 130 Å². The predicted octanol–water partition coefficient (Wildman–Crippen LogP) is 2.20. The van der Waals surface area contributed by atoms with Crippen molar-refractivity contribution in [3.8, 4) is 17.0 Å². The van der Waals surface area contributed by atoms with Gasteiger partial charge in [-0.3, -0.25) is 4.79 Å². The molecule has 0 atom stereocenters. The molecule has 2 rings (SSSR count). The molecule has 22 heavy (non-hydrogen) atoms. The third-order valence-corrected chi connectivity index (χ3v) is 3.39. The Morgan fingerprint density at radius 2 is 1.95 bits per heavy atom. The highest BCUT2D eigenvalue weighted by molar-refractivity contribution is 5.60. The fraction of sp³-hybridized carbons (Fsp3) is 0.412. The summed E-state index contributed by atoms with van der Waals surface area (Å²) in [5.74, 6) is 1.35. The summed E-state index contributed by atoms with van der Waals surface area (Å²) in [4.78, 5) is 12.2. The molecule has 0 aliphatic carbocycles. The van der Waals surface area contributed by atoms with Crippen LogP contribution in [0.25, 0.3) is 11.3 Å². The van der Waals surface area contributed by atoms with Gasteiger partial charge in [0.15, 0.2) is 0 Å². The zero-order valence-corrected chi connectivity index (χ0v) is 13.6. The first-order chi connectivity index (χ1) is 10.5. The van der Waals surface area contributed by atoms with Crippen LogP contribution in [-0.4, -0.2) is 23.4 Å². The molecule has 1 heterocycles. The maximum absolute atomic E-state index is 12.2. The van der Waals surface area contributed by atoms with E-state index in [1.54, 1.807) is 14.2 Å². The lowest BCUT2D eigenvalue weighted by Gasteiger charge is -2.10. The van der Waals surface area contributed by atoms with Crippen molar-refractivity contribution in [3.63, 3.8) is 0 Å². The molecule has 0 unspecified atom stereocenters. The Kier molecular flexibility index (Phi) is 5.33. The van der Waals surface area contributed by atoms with E-state index in [2.05, 4.69) is 24.3 Å². The Balaban J connectivity index is 2.28. The van der Waals surface area contributed by atoms with E-state index < -0.39 is 0 Å². The highest BCUT2D eigenvalue weighted by Gasteiger charge is 2.08. The molecule has 1 aromatic carbocycles. The number of hydrogen-bond acceptors (Lipinski definition) is 4. The number of nitrogens with one attached hydrogen (secondary N) is 1. The van der Waals surface area contributed by atoms with Crippen LogP contribution in [-0.2, 0) is 13.6 Å². The lowest BCUT2D eigenvalue weighted by molar-refractivity contribution is 0.415. The summed E-state index contributed by atoms with van der Waals surface area (Å²) >= 11 is 0. The van der Waals surface area contributed by atoms with Gasteiger partial charge in [-0.05, 0) is 42.8 Å². The van der Waals surface area contributed by atoms with E-state index in [4.69, 9.17) is 4.74 Å². The molecule has 0 saturated heterocycles. The first-order valence-corrected chi connectivity index (χ1v) is 7.43. The third-order valence-electron chi connectivity index (χ3n) is 3.39. The first-order valence-electron chi connectivity index (χ1n) is 7.43. The number of nitrogens with zero attached hydrogens (tertiary/aromatic N) is 2. The topological polar surface area (TPSA) is 56.1 Å².